The summed E-state index contributed by atoms with van der Waals surface area (Å²) in [4.78, 5) is 22.1. The number of aromatic hydroxyl groups is 1. The lowest BCUT2D eigenvalue weighted by Gasteiger charge is -2.42. The van der Waals surface area contributed by atoms with Gasteiger partial charge in [-0.05, 0) is 17.4 Å². The van der Waals surface area contributed by atoms with Gasteiger partial charge in [0, 0.05) is 16.9 Å². The van der Waals surface area contributed by atoms with E-state index in [9.17, 15) is 36.6 Å². The van der Waals surface area contributed by atoms with Crippen LogP contribution in [0.5, 0.6) is 5.75 Å². The summed E-state index contributed by atoms with van der Waals surface area (Å²) in [5, 5.41) is 12.1. The summed E-state index contributed by atoms with van der Waals surface area (Å²) in [6.07, 6.45) is 2.27. The van der Waals surface area contributed by atoms with E-state index < -0.39 is 68.7 Å². The standard InChI is InChI=1S/C26H14Cl2F5NO3/c1-2-11-9-10-25(27)23(36)34(21-19(32)17(30)16(29)18(31)20(21)33)24(37)26(25,28)15(11)14-8-7-12-5-3-4-6-13(12)22(14)35/h2-9,15,35H,1,10H2/t15-,25-,26+/m1/s1. The van der Waals surface area contributed by atoms with E-state index in [0.29, 0.717) is 10.8 Å². The van der Waals surface area contributed by atoms with Crippen molar-refractivity contribution in [2.45, 2.75) is 22.1 Å². The summed E-state index contributed by atoms with van der Waals surface area (Å²) < 4.78 is 71.1. The van der Waals surface area contributed by atoms with Crippen molar-refractivity contribution < 1.29 is 36.6 Å². The quantitative estimate of drug-likeness (QED) is 0.135. The maximum absolute atomic E-state index is 14.7. The molecule has 1 saturated heterocycles. The van der Waals surface area contributed by atoms with Crippen LogP contribution in [0.2, 0.25) is 0 Å². The van der Waals surface area contributed by atoms with Crippen LogP contribution in [0.15, 0.2) is 60.7 Å². The number of hydrogen-bond acceptors (Lipinski definition) is 3. The summed E-state index contributed by atoms with van der Waals surface area (Å²) in [5.74, 6) is -16.7. The van der Waals surface area contributed by atoms with Crippen LogP contribution in [0.1, 0.15) is 17.9 Å². The van der Waals surface area contributed by atoms with E-state index in [1.165, 1.54) is 18.2 Å². The van der Waals surface area contributed by atoms with E-state index in [4.69, 9.17) is 23.2 Å². The van der Waals surface area contributed by atoms with E-state index in [1.54, 1.807) is 30.3 Å². The molecule has 37 heavy (non-hydrogen) atoms. The number of amides is 2. The Morgan fingerprint density at radius 2 is 1.51 bits per heavy atom. The zero-order valence-corrected chi connectivity index (χ0v) is 20.0. The minimum absolute atomic E-state index is 0.0324. The Balaban J connectivity index is 1.79. The first kappa shape index (κ1) is 25.2. The van der Waals surface area contributed by atoms with Gasteiger partial charge in [-0.1, -0.05) is 55.1 Å². The van der Waals surface area contributed by atoms with Crippen molar-refractivity contribution in [3.8, 4) is 5.75 Å². The molecule has 2 amide bonds. The van der Waals surface area contributed by atoms with Crippen LogP contribution >= 0.6 is 23.2 Å². The number of nitrogens with zero attached hydrogens (tertiary/aromatic N) is 1. The number of hydrogen-bond donors (Lipinski definition) is 1. The molecule has 1 N–H and O–H groups in total. The van der Waals surface area contributed by atoms with Crippen LogP contribution in [0.25, 0.3) is 10.8 Å². The number of benzene rings is 3. The van der Waals surface area contributed by atoms with Crippen molar-refractivity contribution in [1.82, 2.24) is 0 Å². The Labute approximate surface area is 216 Å². The van der Waals surface area contributed by atoms with E-state index in [0.717, 1.165) is 0 Å². The molecule has 5 rings (SSSR count). The number of anilines is 1. The molecule has 1 fully saturated rings. The number of carbonyl (C=O) groups excluding carboxylic acids is 2. The number of imide groups is 1. The molecule has 0 radical (unpaired) electrons. The van der Waals surface area contributed by atoms with Gasteiger partial charge in [0.25, 0.3) is 11.8 Å². The Hall–Kier alpha value is -3.43. The second kappa shape index (κ2) is 8.29. The van der Waals surface area contributed by atoms with E-state index in [2.05, 4.69) is 6.58 Å². The van der Waals surface area contributed by atoms with E-state index in [-0.39, 0.29) is 21.8 Å². The van der Waals surface area contributed by atoms with Crippen LogP contribution in [0.3, 0.4) is 0 Å². The smallest absolute Gasteiger partial charge is 0.258 e. The molecule has 190 valence electrons. The number of halogens is 7. The highest BCUT2D eigenvalue weighted by Gasteiger charge is 2.74. The number of alkyl halides is 2. The lowest BCUT2D eigenvalue weighted by atomic mass is 9.68. The molecule has 0 unspecified atom stereocenters. The fourth-order valence-corrected chi connectivity index (χ4v) is 5.88. The molecule has 0 spiro atoms. The molecule has 0 saturated carbocycles. The Morgan fingerprint density at radius 1 is 0.919 bits per heavy atom. The Morgan fingerprint density at radius 3 is 2.14 bits per heavy atom. The maximum Gasteiger partial charge on any atom is 0.258 e. The van der Waals surface area contributed by atoms with Crippen LogP contribution < -0.4 is 4.90 Å². The first-order valence-electron chi connectivity index (χ1n) is 10.7. The molecule has 3 atom stereocenters. The highest BCUT2D eigenvalue weighted by Crippen LogP contribution is 2.61. The number of phenolic OH excluding ortho intramolecular Hbond substituents is 1. The van der Waals surface area contributed by atoms with Crippen molar-refractivity contribution in [3.63, 3.8) is 0 Å². The summed E-state index contributed by atoms with van der Waals surface area (Å²) in [7, 11) is 0. The van der Waals surface area contributed by atoms with Gasteiger partial charge in [0.1, 0.15) is 11.4 Å². The summed E-state index contributed by atoms with van der Waals surface area (Å²) in [6.45, 7) is 3.68. The minimum atomic E-state index is -2.55. The molecule has 11 heteroatoms. The third-order valence-electron chi connectivity index (χ3n) is 6.87. The lowest BCUT2D eigenvalue weighted by Crippen LogP contribution is -2.54. The SMILES string of the molecule is C=CC1=CC[C@@]2(Cl)C(=O)N(c3c(F)c(F)c(F)c(F)c3F)C(=O)[C@@]2(Cl)[C@H]1c1ccc2ccccc2c1O. The normalized spacial score (nSPS) is 25.4. The minimum Gasteiger partial charge on any atom is -0.507 e. The van der Waals surface area contributed by atoms with Gasteiger partial charge >= 0.3 is 0 Å². The van der Waals surface area contributed by atoms with Gasteiger partial charge in [0.2, 0.25) is 5.82 Å². The Bertz CT molecular complexity index is 1560. The average molecular weight is 554 g/mol. The van der Waals surface area contributed by atoms with Crippen LogP contribution in [0.4, 0.5) is 27.6 Å². The Kier molecular flexibility index (Phi) is 5.65. The number of allylic oxidation sites excluding steroid dienone is 3. The van der Waals surface area contributed by atoms with Gasteiger partial charge in [0.15, 0.2) is 33.0 Å². The second-order valence-corrected chi connectivity index (χ2v) is 9.89. The molecule has 0 aromatic heterocycles. The fourth-order valence-electron chi connectivity index (χ4n) is 5.04. The van der Waals surface area contributed by atoms with Gasteiger partial charge in [-0.25, -0.2) is 26.9 Å². The predicted molar refractivity (Wildman–Crippen MR) is 127 cm³/mol. The zero-order chi connectivity index (χ0) is 27.0. The third kappa shape index (κ3) is 3.07. The largest absolute Gasteiger partial charge is 0.507 e. The highest BCUT2D eigenvalue weighted by atomic mass is 35.5. The van der Waals surface area contributed by atoms with Gasteiger partial charge in [-0.2, -0.15) is 0 Å². The third-order valence-corrected chi connectivity index (χ3v) is 8.29. The summed E-state index contributed by atoms with van der Waals surface area (Å²) in [5.41, 5.74) is -1.51. The van der Waals surface area contributed by atoms with Gasteiger partial charge < -0.3 is 5.11 Å². The van der Waals surface area contributed by atoms with Crippen molar-refractivity contribution >= 4 is 51.5 Å². The molecule has 4 nitrogen and oxygen atoms in total. The van der Waals surface area contributed by atoms with Crippen molar-refractivity contribution in [1.29, 1.82) is 0 Å². The maximum atomic E-state index is 14.7. The highest BCUT2D eigenvalue weighted by molar-refractivity contribution is 6.58. The molecular weight excluding hydrogens is 540 g/mol. The van der Waals surface area contributed by atoms with Crippen LogP contribution in [-0.2, 0) is 9.59 Å². The van der Waals surface area contributed by atoms with E-state index in [1.807, 2.05) is 0 Å². The summed E-state index contributed by atoms with van der Waals surface area (Å²) >= 11 is 13.5. The van der Waals surface area contributed by atoms with Crippen LogP contribution in [-0.4, -0.2) is 26.7 Å². The average Bonchev–Trinajstić information content (AvgIpc) is 3.04. The number of phenols is 1. The first-order chi connectivity index (χ1) is 17.4. The van der Waals surface area contributed by atoms with Gasteiger partial charge in [0.05, 0.1) is 0 Å². The first-order valence-corrected chi connectivity index (χ1v) is 11.5. The molecule has 1 aliphatic carbocycles. The molecule has 1 aliphatic heterocycles. The topological polar surface area (TPSA) is 57.6 Å². The fraction of sp³-hybridized carbons (Fsp3) is 0.154. The summed E-state index contributed by atoms with van der Waals surface area (Å²) in [6, 6.07) is 9.72. The molecular formula is C26H14Cl2F5NO3. The number of rotatable bonds is 3. The predicted octanol–water partition coefficient (Wildman–Crippen LogP) is 6.37. The molecule has 3 aromatic rings. The lowest BCUT2D eigenvalue weighted by molar-refractivity contribution is -0.122. The molecule has 3 aromatic carbocycles. The second-order valence-electron chi connectivity index (χ2n) is 8.65. The zero-order valence-electron chi connectivity index (χ0n) is 18.5. The molecule has 2 aliphatic rings. The van der Waals surface area contributed by atoms with Gasteiger partial charge in [-0.15, -0.1) is 23.2 Å². The molecule has 1 heterocycles. The van der Waals surface area contributed by atoms with Gasteiger partial charge in [-0.3, -0.25) is 9.59 Å². The van der Waals surface area contributed by atoms with Crippen LogP contribution in [0, 0.1) is 29.1 Å². The number of fused-ring (bicyclic) bond motifs is 2. The monoisotopic (exact) mass is 553 g/mol. The van der Waals surface area contributed by atoms with Crippen molar-refractivity contribution in [2.24, 2.45) is 0 Å². The number of carbonyl (C=O) groups is 2. The van der Waals surface area contributed by atoms with Crippen molar-refractivity contribution in [2.75, 3.05) is 4.90 Å². The van der Waals surface area contributed by atoms with E-state index >= 15 is 0 Å². The molecule has 0 bridgehead atoms. The van der Waals surface area contributed by atoms with Crippen molar-refractivity contribution in [3.05, 3.63) is 95.4 Å².